The highest BCUT2D eigenvalue weighted by molar-refractivity contribution is 7.89. The van der Waals surface area contributed by atoms with Crippen LogP contribution < -0.4 is 10.0 Å². The Morgan fingerprint density at radius 3 is 2.16 bits per heavy atom. The van der Waals surface area contributed by atoms with Crippen LogP contribution in [-0.2, 0) is 21.0 Å². The van der Waals surface area contributed by atoms with Gasteiger partial charge < -0.3 is 5.32 Å². The number of carbonyl (C=O) groups excluding carboxylic acids is 1. The Hall–Kier alpha value is -1.61. The number of nitrogens with one attached hydrogen (secondary N) is 2. The second-order valence-corrected chi connectivity index (χ2v) is 9.23. The van der Waals surface area contributed by atoms with Gasteiger partial charge in [-0.3, -0.25) is 4.79 Å². The summed E-state index contributed by atoms with van der Waals surface area (Å²) in [5.74, 6) is -0.371. The van der Waals surface area contributed by atoms with Crippen molar-refractivity contribution < 1.29 is 26.4 Å². The van der Waals surface area contributed by atoms with Gasteiger partial charge in [0.25, 0.3) is 0 Å². The molecular formula is C16H21F3N2O3S. The maximum absolute atomic E-state index is 13.4. The second kappa shape index (κ2) is 5.98. The molecular weight excluding hydrogens is 357 g/mol. The van der Waals surface area contributed by atoms with Crippen molar-refractivity contribution in [3.8, 4) is 0 Å². The number of amides is 1. The van der Waals surface area contributed by atoms with E-state index in [1.54, 1.807) is 6.92 Å². The molecule has 0 unspecified atom stereocenters. The Kier molecular flexibility index (Phi) is 4.71. The van der Waals surface area contributed by atoms with Crippen molar-refractivity contribution in [1.82, 2.24) is 4.72 Å². The van der Waals surface area contributed by atoms with E-state index in [1.165, 1.54) is 20.8 Å². The predicted octanol–water partition coefficient (Wildman–Crippen LogP) is 3.52. The lowest BCUT2D eigenvalue weighted by atomic mass is 10.1. The van der Waals surface area contributed by atoms with E-state index < -0.39 is 37.6 Å². The van der Waals surface area contributed by atoms with Crippen LogP contribution in [0.5, 0.6) is 0 Å². The molecule has 0 heterocycles. The number of halogens is 3. The van der Waals surface area contributed by atoms with Crippen LogP contribution in [0, 0.1) is 5.41 Å². The Balaban J connectivity index is 2.43. The lowest BCUT2D eigenvalue weighted by molar-refractivity contribution is -0.139. The molecule has 1 saturated carbocycles. The molecule has 25 heavy (non-hydrogen) atoms. The Labute approximate surface area is 145 Å². The lowest BCUT2D eigenvalue weighted by Crippen LogP contribution is -2.41. The van der Waals surface area contributed by atoms with Crippen LogP contribution in [0.2, 0.25) is 0 Å². The maximum atomic E-state index is 13.4. The molecule has 1 aliphatic rings. The Morgan fingerprint density at radius 2 is 1.72 bits per heavy atom. The summed E-state index contributed by atoms with van der Waals surface area (Å²) < 4.78 is 67.0. The number of rotatable bonds is 4. The topological polar surface area (TPSA) is 75.3 Å². The molecule has 0 aromatic heterocycles. The van der Waals surface area contributed by atoms with Gasteiger partial charge in [-0.15, -0.1) is 0 Å². The molecule has 0 radical (unpaired) electrons. The Bertz CT molecular complexity index is 792. The van der Waals surface area contributed by atoms with Crippen molar-refractivity contribution in [2.24, 2.45) is 5.41 Å². The highest BCUT2D eigenvalue weighted by atomic mass is 32.2. The molecule has 0 aliphatic heterocycles. The van der Waals surface area contributed by atoms with Crippen LogP contribution in [0.15, 0.2) is 23.1 Å². The minimum atomic E-state index is -4.88. The largest absolute Gasteiger partial charge is 0.417 e. The van der Waals surface area contributed by atoms with Gasteiger partial charge in [-0.25, -0.2) is 13.1 Å². The number of sulfonamides is 1. The van der Waals surface area contributed by atoms with E-state index in [9.17, 15) is 26.4 Å². The summed E-state index contributed by atoms with van der Waals surface area (Å²) in [6.45, 7) is 6.31. The molecule has 5 nitrogen and oxygen atoms in total. The molecule has 0 atom stereocenters. The summed E-state index contributed by atoms with van der Waals surface area (Å²) >= 11 is 0. The third-order valence-corrected chi connectivity index (χ3v) is 5.64. The lowest BCUT2D eigenvalue weighted by Gasteiger charge is -2.22. The normalized spacial score (nSPS) is 17.2. The zero-order chi connectivity index (χ0) is 19.3. The number of hydrogen-bond donors (Lipinski definition) is 2. The van der Waals surface area contributed by atoms with Gasteiger partial charge in [-0.05, 0) is 51.8 Å². The fourth-order valence-corrected chi connectivity index (χ4v) is 3.85. The molecule has 1 fully saturated rings. The zero-order valence-corrected chi connectivity index (χ0v) is 15.2. The molecule has 140 valence electrons. The minimum Gasteiger partial charge on any atom is -0.326 e. The van der Waals surface area contributed by atoms with E-state index in [0.717, 1.165) is 12.1 Å². The molecule has 1 aliphatic carbocycles. The van der Waals surface area contributed by atoms with Crippen molar-refractivity contribution in [2.45, 2.75) is 57.1 Å². The van der Waals surface area contributed by atoms with Gasteiger partial charge in [0.15, 0.2) is 0 Å². The highest BCUT2D eigenvalue weighted by Gasteiger charge is 2.45. The Morgan fingerprint density at radius 1 is 1.16 bits per heavy atom. The van der Waals surface area contributed by atoms with Crippen molar-refractivity contribution in [2.75, 3.05) is 5.32 Å². The summed E-state index contributed by atoms with van der Waals surface area (Å²) in [5, 5.41) is 2.43. The van der Waals surface area contributed by atoms with Crippen LogP contribution in [0.1, 0.15) is 46.1 Å². The first-order chi connectivity index (χ1) is 11.1. The molecule has 9 heteroatoms. The smallest absolute Gasteiger partial charge is 0.326 e. The SMILES string of the molecule is CC(C)(C)NS(=O)(=O)c1ccc(NC(=O)C2(C)CC2)cc1C(F)(F)F. The molecule has 1 amide bonds. The summed E-state index contributed by atoms with van der Waals surface area (Å²) in [4.78, 5) is 11.1. The van der Waals surface area contributed by atoms with E-state index in [4.69, 9.17) is 0 Å². The number of anilines is 1. The fraction of sp³-hybridized carbons (Fsp3) is 0.562. The standard InChI is InChI=1S/C16H21F3N2O3S/c1-14(2,3)21-25(23,24)12-6-5-10(9-11(12)16(17,18)19)20-13(22)15(4)7-8-15/h5-6,9,21H,7-8H2,1-4H3,(H,20,22). The monoisotopic (exact) mass is 378 g/mol. The van der Waals surface area contributed by atoms with Gasteiger partial charge in [0.2, 0.25) is 15.9 Å². The van der Waals surface area contributed by atoms with E-state index in [-0.39, 0.29) is 11.6 Å². The molecule has 2 rings (SSSR count). The van der Waals surface area contributed by atoms with Crippen LogP contribution in [0.25, 0.3) is 0 Å². The van der Waals surface area contributed by atoms with Crippen molar-refractivity contribution in [1.29, 1.82) is 0 Å². The van der Waals surface area contributed by atoms with Gasteiger partial charge in [-0.2, -0.15) is 13.2 Å². The summed E-state index contributed by atoms with van der Waals surface area (Å²) in [6.07, 6.45) is -3.54. The molecule has 1 aromatic rings. The van der Waals surface area contributed by atoms with Crippen LogP contribution in [0.3, 0.4) is 0 Å². The molecule has 2 N–H and O–H groups in total. The van der Waals surface area contributed by atoms with E-state index in [0.29, 0.717) is 18.9 Å². The number of benzene rings is 1. The van der Waals surface area contributed by atoms with E-state index in [2.05, 4.69) is 10.0 Å². The van der Waals surface area contributed by atoms with Gasteiger partial charge in [0, 0.05) is 16.6 Å². The number of carbonyl (C=O) groups is 1. The van der Waals surface area contributed by atoms with Crippen LogP contribution in [0.4, 0.5) is 18.9 Å². The average Bonchev–Trinajstić information content (AvgIpc) is 3.14. The van der Waals surface area contributed by atoms with Crippen LogP contribution >= 0.6 is 0 Å². The first-order valence-electron chi connectivity index (χ1n) is 7.71. The van der Waals surface area contributed by atoms with E-state index in [1.807, 2.05) is 0 Å². The van der Waals surface area contributed by atoms with Gasteiger partial charge in [0.1, 0.15) is 0 Å². The van der Waals surface area contributed by atoms with Crippen LogP contribution in [-0.4, -0.2) is 19.9 Å². The van der Waals surface area contributed by atoms with Gasteiger partial charge >= 0.3 is 6.18 Å². The van der Waals surface area contributed by atoms with Crippen molar-refractivity contribution in [3.63, 3.8) is 0 Å². The van der Waals surface area contributed by atoms with Crippen molar-refractivity contribution >= 4 is 21.6 Å². The molecule has 0 bridgehead atoms. The first-order valence-corrected chi connectivity index (χ1v) is 9.19. The molecule has 0 saturated heterocycles. The summed E-state index contributed by atoms with van der Waals surface area (Å²) in [7, 11) is -4.38. The van der Waals surface area contributed by atoms with Gasteiger partial charge in [0.05, 0.1) is 10.5 Å². The molecule has 0 spiro atoms. The summed E-state index contributed by atoms with van der Waals surface area (Å²) in [5.41, 5.74) is -2.89. The van der Waals surface area contributed by atoms with Crippen molar-refractivity contribution in [3.05, 3.63) is 23.8 Å². The third-order valence-electron chi connectivity index (χ3n) is 3.82. The second-order valence-electron chi connectivity index (χ2n) is 7.58. The fourth-order valence-electron chi connectivity index (χ4n) is 2.22. The quantitative estimate of drug-likeness (QED) is 0.842. The average molecular weight is 378 g/mol. The van der Waals surface area contributed by atoms with Gasteiger partial charge in [-0.1, -0.05) is 6.92 Å². The maximum Gasteiger partial charge on any atom is 0.417 e. The highest BCUT2D eigenvalue weighted by Crippen LogP contribution is 2.46. The zero-order valence-electron chi connectivity index (χ0n) is 14.4. The summed E-state index contributed by atoms with van der Waals surface area (Å²) in [6, 6.07) is 2.68. The minimum absolute atomic E-state index is 0.0832. The first kappa shape index (κ1) is 19.7. The third kappa shape index (κ3) is 4.72. The van der Waals surface area contributed by atoms with E-state index >= 15 is 0 Å². The number of alkyl halides is 3. The molecule has 1 aromatic carbocycles. The predicted molar refractivity (Wildman–Crippen MR) is 87.5 cm³/mol. The number of hydrogen-bond acceptors (Lipinski definition) is 3.